The Labute approximate surface area is 132 Å². The zero-order chi connectivity index (χ0) is 14.9. The average Bonchev–Trinajstić information content (AvgIpc) is 3.29. The molecule has 3 heterocycles. The van der Waals surface area contributed by atoms with Crippen LogP contribution in [0.2, 0.25) is 0 Å². The molecule has 1 aliphatic heterocycles. The Morgan fingerprint density at radius 3 is 2.55 bits per heavy atom. The Hall–Kier alpha value is -1.60. The second-order valence-electron chi connectivity index (χ2n) is 5.92. The third-order valence-corrected chi connectivity index (χ3v) is 5.20. The molecule has 0 amide bonds. The molecule has 22 heavy (non-hydrogen) atoms. The fourth-order valence-electron chi connectivity index (χ4n) is 2.72. The van der Waals surface area contributed by atoms with E-state index in [1.54, 1.807) is 11.3 Å². The minimum Gasteiger partial charge on any atom is -0.338 e. The van der Waals surface area contributed by atoms with Gasteiger partial charge >= 0.3 is 0 Å². The number of rotatable bonds is 4. The molecule has 1 saturated carbocycles. The van der Waals surface area contributed by atoms with Crippen LogP contribution in [-0.2, 0) is 6.54 Å². The second-order valence-corrected chi connectivity index (χ2v) is 6.81. The van der Waals surface area contributed by atoms with E-state index in [2.05, 4.69) is 25.1 Å². The summed E-state index contributed by atoms with van der Waals surface area (Å²) in [4.78, 5) is 17.4. The molecule has 0 aromatic carbocycles. The first-order chi connectivity index (χ1) is 10.8. The van der Waals surface area contributed by atoms with Crippen molar-refractivity contribution in [2.45, 2.75) is 25.3 Å². The van der Waals surface area contributed by atoms with E-state index in [1.165, 1.54) is 35.9 Å². The number of hydrogen-bond acceptors (Lipinski definition) is 6. The van der Waals surface area contributed by atoms with Crippen LogP contribution in [0.15, 0.2) is 17.8 Å². The molecule has 0 spiro atoms. The van der Waals surface area contributed by atoms with Crippen LogP contribution in [0.3, 0.4) is 0 Å². The van der Waals surface area contributed by atoms with Crippen LogP contribution in [0.4, 0.5) is 10.3 Å². The van der Waals surface area contributed by atoms with Crippen molar-refractivity contribution in [3.8, 4) is 0 Å². The summed E-state index contributed by atoms with van der Waals surface area (Å²) in [5, 5.41) is 3.51. The van der Waals surface area contributed by atoms with Crippen molar-refractivity contribution in [2.24, 2.45) is 0 Å². The molecule has 1 aliphatic carbocycles. The highest BCUT2D eigenvalue weighted by Crippen LogP contribution is 2.41. The van der Waals surface area contributed by atoms with E-state index < -0.39 is 5.82 Å². The topological polar surface area (TPSA) is 45.2 Å². The summed E-state index contributed by atoms with van der Waals surface area (Å²) in [7, 11) is 0. The Morgan fingerprint density at radius 2 is 1.86 bits per heavy atom. The highest BCUT2D eigenvalue weighted by molar-refractivity contribution is 7.09. The summed E-state index contributed by atoms with van der Waals surface area (Å²) >= 11 is 1.80. The Balaban J connectivity index is 1.32. The molecule has 2 aromatic heterocycles. The van der Waals surface area contributed by atoms with Crippen molar-refractivity contribution < 1.29 is 4.39 Å². The fourth-order valence-corrected chi connectivity index (χ4v) is 3.70. The summed E-state index contributed by atoms with van der Waals surface area (Å²) in [6.07, 6.45) is 5.07. The predicted molar refractivity (Wildman–Crippen MR) is 83.6 cm³/mol. The minimum absolute atomic E-state index is 0.391. The highest BCUT2D eigenvalue weighted by atomic mass is 32.1. The molecule has 5 nitrogen and oxygen atoms in total. The number of aromatic nitrogens is 3. The van der Waals surface area contributed by atoms with Gasteiger partial charge in [-0.1, -0.05) is 0 Å². The number of halogens is 1. The first-order valence-electron chi connectivity index (χ1n) is 7.67. The van der Waals surface area contributed by atoms with Gasteiger partial charge in [0.25, 0.3) is 0 Å². The van der Waals surface area contributed by atoms with Crippen LogP contribution in [0, 0.1) is 5.82 Å². The van der Waals surface area contributed by atoms with Crippen LogP contribution in [0.5, 0.6) is 0 Å². The maximum Gasteiger partial charge on any atom is 0.225 e. The molecule has 2 fully saturated rings. The maximum absolute atomic E-state index is 12.9. The van der Waals surface area contributed by atoms with Gasteiger partial charge in [0, 0.05) is 44.0 Å². The van der Waals surface area contributed by atoms with Crippen molar-refractivity contribution in [1.82, 2.24) is 19.9 Å². The second kappa shape index (κ2) is 5.89. The lowest BCUT2D eigenvalue weighted by atomic mass is 10.3. The van der Waals surface area contributed by atoms with Gasteiger partial charge in [-0.25, -0.2) is 19.3 Å². The normalized spacial score (nSPS) is 19.6. The monoisotopic (exact) mass is 319 g/mol. The van der Waals surface area contributed by atoms with Gasteiger partial charge in [0.2, 0.25) is 5.95 Å². The van der Waals surface area contributed by atoms with E-state index in [4.69, 9.17) is 4.98 Å². The first kappa shape index (κ1) is 14.0. The van der Waals surface area contributed by atoms with Crippen molar-refractivity contribution in [3.05, 3.63) is 34.3 Å². The lowest BCUT2D eigenvalue weighted by Gasteiger charge is -2.34. The summed E-state index contributed by atoms with van der Waals surface area (Å²) in [6.45, 7) is 4.56. The van der Waals surface area contributed by atoms with Crippen molar-refractivity contribution in [3.63, 3.8) is 0 Å². The van der Waals surface area contributed by atoms with E-state index in [-0.39, 0.29) is 0 Å². The Kier molecular flexibility index (Phi) is 3.75. The number of thiazole rings is 1. The standard InChI is InChI=1S/C15H18FN5S/c16-12-7-17-15(18-8-12)21-5-3-20(4-6-21)9-13-10-22-14(19-13)11-1-2-11/h7-8,10-11H,1-6,9H2. The fraction of sp³-hybridized carbons (Fsp3) is 0.533. The van der Waals surface area contributed by atoms with Gasteiger partial charge in [-0.05, 0) is 12.8 Å². The van der Waals surface area contributed by atoms with Crippen molar-refractivity contribution >= 4 is 17.3 Å². The van der Waals surface area contributed by atoms with Crippen molar-refractivity contribution in [2.75, 3.05) is 31.1 Å². The summed E-state index contributed by atoms with van der Waals surface area (Å²) in [6, 6.07) is 0. The van der Waals surface area contributed by atoms with Crippen LogP contribution >= 0.6 is 11.3 Å². The predicted octanol–water partition coefficient (Wildman–Crippen LogP) is 2.27. The van der Waals surface area contributed by atoms with Crippen LogP contribution < -0.4 is 4.90 Å². The zero-order valence-corrected chi connectivity index (χ0v) is 13.1. The lowest BCUT2D eigenvalue weighted by molar-refractivity contribution is 0.246. The summed E-state index contributed by atoms with van der Waals surface area (Å²) in [5.41, 5.74) is 1.19. The number of nitrogens with zero attached hydrogens (tertiary/aromatic N) is 5. The van der Waals surface area contributed by atoms with E-state index in [9.17, 15) is 4.39 Å². The van der Waals surface area contributed by atoms with Gasteiger partial charge in [0.15, 0.2) is 5.82 Å². The third kappa shape index (κ3) is 3.10. The average molecular weight is 319 g/mol. The van der Waals surface area contributed by atoms with Gasteiger partial charge in [-0.2, -0.15) is 0 Å². The van der Waals surface area contributed by atoms with E-state index in [0.29, 0.717) is 5.95 Å². The van der Waals surface area contributed by atoms with Crippen LogP contribution in [0.1, 0.15) is 29.5 Å². The number of anilines is 1. The molecular weight excluding hydrogens is 301 g/mol. The van der Waals surface area contributed by atoms with Gasteiger partial charge in [0.05, 0.1) is 23.1 Å². The third-order valence-electron chi connectivity index (χ3n) is 4.14. The number of hydrogen-bond donors (Lipinski definition) is 0. The molecule has 0 radical (unpaired) electrons. The number of piperazine rings is 1. The molecule has 7 heteroatoms. The molecule has 2 aliphatic rings. The van der Waals surface area contributed by atoms with Gasteiger partial charge < -0.3 is 4.90 Å². The lowest BCUT2D eigenvalue weighted by Crippen LogP contribution is -2.46. The SMILES string of the molecule is Fc1cnc(N2CCN(Cc3csc(C4CC4)n3)CC2)nc1. The van der Waals surface area contributed by atoms with Gasteiger partial charge in [-0.15, -0.1) is 11.3 Å². The van der Waals surface area contributed by atoms with Gasteiger partial charge in [-0.3, -0.25) is 4.90 Å². The molecule has 0 bridgehead atoms. The molecule has 0 N–H and O–H groups in total. The highest BCUT2D eigenvalue weighted by Gasteiger charge is 2.27. The molecule has 116 valence electrons. The zero-order valence-electron chi connectivity index (χ0n) is 12.3. The van der Waals surface area contributed by atoms with Crippen molar-refractivity contribution in [1.29, 1.82) is 0 Å². The Bertz CT molecular complexity index is 632. The van der Waals surface area contributed by atoms with E-state index in [1.807, 2.05) is 0 Å². The molecule has 0 unspecified atom stereocenters. The molecule has 0 atom stereocenters. The first-order valence-corrected chi connectivity index (χ1v) is 8.55. The smallest absolute Gasteiger partial charge is 0.225 e. The van der Waals surface area contributed by atoms with Crippen LogP contribution in [0.25, 0.3) is 0 Å². The molecule has 1 saturated heterocycles. The quantitative estimate of drug-likeness (QED) is 0.865. The summed E-state index contributed by atoms with van der Waals surface area (Å²) in [5.74, 6) is 0.967. The Morgan fingerprint density at radius 1 is 1.14 bits per heavy atom. The van der Waals surface area contributed by atoms with E-state index >= 15 is 0 Å². The minimum atomic E-state index is -0.391. The summed E-state index contributed by atoms with van der Waals surface area (Å²) < 4.78 is 12.9. The van der Waals surface area contributed by atoms with E-state index in [0.717, 1.165) is 38.6 Å². The maximum atomic E-state index is 12.9. The largest absolute Gasteiger partial charge is 0.338 e. The molecule has 2 aromatic rings. The van der Waals surface area contributed by atoms with Crippen LogP contribution in [-0.4, -0.2) is 46.0 Å². The van der Waals surface area contributed by atoms with Gasteiger partial charge in [0.1, 0.15) is 0 Å². The molecular formula is C15H18FN5S. The molecule has 4 rings (SSSR count).